The van der Waals surface area contributed by atoms with Gasteiger partial charge in [0.15, 0.2) is 5.78 Å². The third-order valence-electron chi connectivity index (χ3n) is 10.3. The topological polar surface area (TPSA) is 63.6 Å². The van der Waals surface area contributed by atoms with Crippen LogP contribution in [0.3, 0.4) is 0 Å². The first-order valence-electron chi connectivity index (χ1n) is 14.7. The number of benzene rings is 1. The van der Waals surface area contributed by atoms with Gasteiger partial charge in [-0.3, -0.25) is 9.59 Å². The van der Waals surface area contributed by atoms with Gasteiger partial charge in [0.25, 0.3) is 0 Å². The first kappa shape index (κ1) is 28.7. The Hall–Kier alpha value is -2.78. The fourth-order valence-corrected chi connectivity index (χ4v) is 8.43. The molecule has 0 spiro atoms. The van der Waals surface area contributed by atoms with Gasteiger partial charge in [-0.1, -0.05) is 25.3 Å². The van der Waals surface area contributed by atoms with Gasteiger partial charge in [0.2, 0.25) is 0 Å². The zero-order chi connectivity index (χ0) is 28.8. The number of esters is 1. The Morgan fingerprint density at radius 2 is 1.90 bits per heavy atom. The number of ether oxygens (including phenoxy) is 1. The molecular weight excluding hydrogens is 510 g/mol. The largest absolute Gasteiger partial charge is 0.466 e. The molecule has 0 bridgehead atoms. The highest BCUT2D eigenvalue weighted by Gasteiger charge is 2.65. The van der Waals surface area contributed by atoms with E-state index in [4.69, 9.17) is 4.74 Å². The maximum Gasteiger partial charge on any atom is 0.302 e. The average Bonchev–Trinajstić information content (AvgIpc) is 3.09. The van der Waals surface area contributed by atoms with E-state index in [1.807, 2.05) is 0 Å². The molecule has 2 fully saturated rings. The van der Waals surface area contributed by atoms with Crippen LogP contribution in [0.15, 0.2) is 34.9 Å². The summed E-state index contributed by atoms with van der Waals surface area (Å²) in [6.07, 6.45) is 7.23. The maximum atomic E-state index is 15.5. The highest BCUT2D eigenvalue weighted by Crippen LogP contribution is 2.68. The predicted octanol–water partition coefficient (Wildman–Crippen LogP) is 6.75. The molecule has 6 atom stereocenters. The maximum absolute atomic E-state index is 15.5. The molecule has 0 radical (unpaired) electrons. The van der Waals surface area contributed by atoms with Crippen LogP contribution in [0.2, 0.25) is 0 Å². The van der Waals surface area contributed by atoms with E-state index in [2.05, 4.69) is 25.7 Å². The summed E-state index contributed by atoms with van der Waals surface area (Å²) in [5.41, 5.74) is 2.42. The van der Waals surface area contributed by atoms with Crippen molar-refractivity contribution >= 4 is 11.8 Å². The van der Waals surface area contributed by atoms with Crippen molar-refractivity contribution in [2.75, 3.05) is 6.61 Å². The van der Waals surface area contributed by atoms with Crippen molar-refractivity contribution in [1.82, 2.24) is 0 Å². The van der Waals surface area contributed by atoms with Crippen LogP contribution in [-0.4, -0.2) is 29.1 Å². The second kappa shape index (κ2) is 10.9. The zero-order valence-electron chi connectivity index (χ0n) is 24.0. The third-order valence-corrected chi connectivity index (χ3v) is 10.3. The molecule has 0 heterocycles. The number of hydrogen-bond donors (Lipinski definition) is 1. The number of carbonyl (C=O) groups excluding carboxylic acids is 2. The van der Waals surface area contributed by atoms with Crippen molar-refractivity contribution in [3.63, 3.8) is 0 Å². The number of aliphatic hydroxyl groups is 1. The fourth-order valence-electron chi connectivity index (χ4n) is 8.43. The van der Waals surface area contributed by atoms with Crippen LogP contribution >= 0.6 is 0 Å². The first-order valence-corrected chi connectivity index (χ1v) is 14.7. The molecule has 1 aromatic carbocycles. The van der Waals surface area contributed by atoms with E-state index < -0.39 is 22.7 Å². The second-order valence-electron chi connectivity index (χ2n) is 12.5. The molecular formula is C34H40F2O4. The van der Waals surface area contributed by atoms with Crippen molar-refractivity contribution in [3.05, 3.63) is 57.7 Å². The summed E-state index contributed by atoms with van der Waals surface area (Å²) in [5.74, 6) is 4.88. The minimum atomic E-state index is -1.18. The molecule has 0 saturated heterocycles. The normalized spacial score (nSPS) is 32.9. The molecule has 0 amide bonds. The summed E-state index contributed by atoms with van der Waals surface area (Å²) in [6.45, 7) is 7.52. The lowest BCUT2D eigenvalue weighted by atomic mass is 9.51. The average molecular weight is 551 g/mol. The molecule has 0 aromatic heterocycles. The Kier molecular flexibility index (Phi) is 7.83. The number of carbonyl (C=O) groups is 2. The van der Waals surface area contributed by atoms with Gasteiger partial charge in [-0.2, -0.15) is 0 Å². The van der Waals surface area contributed by atoms with Crippen LogP contribution in [-0.2, 0) is 20.7 Å². The molecule has 5 rings (SSSR count). The van der Waals surface area contributed by atoms with E-state index in [1.165, 1.54) is 30.2 Å². The molecule has 4 aliphatic rings. The SMILES string of the molecule is CC#C[C@]1(O)[C@H](C)C[C@H]2[C@@H]3CCC4=CC(=O)CCC4=C3[C@@H](c3cc(F)c(CCCCOC(C)=O)c(F)c3)C[C@@]21C. The van der Waals surface area contributed by atoms with Crippen molar-refractivity contribution in [1.29, 1.82) is 0 Å². The molecule has 4 nitrogen and oxygen atoms in total. The number of hydrogen-bond acceptors (Lipinski definition) is 4. The Morgan fingerprint density at radius 3 is 2.58 bits per heavy atom. The van der Waals surface area contributed by atoms with Gasteiger partial charge in [0.1, 0.15) is 17.2 Å². The van der Waals surface area contributed by atoms with E-state index in [9.17, 15) is 14.7 Å². The number of halogens is 2. The smallest absolute Gasteiger partial charge is 0.302 e. The number of ketones is 1. The number of fused-ring (bicyclic) bond motifs is 4. The molecule has 1 N–H and O–H groups in total. The van der Waals surface area contributed by atoms with Gasteiger partial charge in [-0.15, -0.1) is 5.92 Å². The molecule has 6 heteroatoms. The summed E-state index contributed by atoms with van der Waals surface area (Å²) in [5, 5.41) is 12.0. The molecule has 40 heavy (non-hydrogen) atoms. The van der Waals surface area contributed by atoms with Gasteiger partial charge in [0, 0.05) is 30.2 Å². The third kappa shape index (κ3) is 4.75. The van der Waals surface area contributed by atoms with Crippen LogP contribution < -0.4 is 0 Å². The standard InChI is InChI=1S/C34H40F2O4/c1-5-13-34(39)20(2)15-29-26-11-9-22-16-24(38)10-12-25(22)32(26)28(19-33(29,34)4)23-17-30(35)27(31(36)18-23)8-6-7-14-40-21(3)37/h16-18,20,26,28-29,39H,6-12,14-15,19H2,1-4H3/t20-,26+,28-,29+,33+,34+/m1/s1. The lowest BCUT2D eigenvalue weighted by molar-refractivity contribution is -0.141. The van der Waals surface area contributed by atoms with Crippen LogP contribution in [0.5, 0.6) is 0 Å². The van der Waals surface area contributed by atoms with Crippen molar-refractivity contribution in [3.8, 4) is 11.8 Å². The van der Waals surface area contributed by atoms with E-state index in [-0.39, 0.29) is 54.0 Å². The molecule has 1 aromatic rings. The van der Waals surface area contributed by atoms with Crippen molar-refractivity contribution in [2.24, 2.45) is 23.2 Å². The fraction of sp³-hybridized carbons (Fsp3) is 0.588. The number of rotatable bonds is 6. The van der Waals surface area contributed by atoms with E-state index in [1.54, 1.807) is 13.0 Å². The highest BCUT2D eigenvalue weighted by molar-refractivity contribution is 5.93. The van der Waals surface area contributed by atoms with Crippen LogP contribution in [0.1, 0.15) is 96.1 Å². The second-order valence-corrected chi connectivity index (χ2v) is 12.5. The Bertz CT molecular complexity index is 1320. The van der Waals surface area contributed by atoms with Gasteiger partial charge in [0.05, 0.1) is 6.61 Å². The predicted molar refractivity (Wildman–Crippen MR) is 149 cm³/mol. The first-order chi connectivity index (χ1) is 19.0. The van der Waals surface area contributed by atoms with Gasteiger partial charge in [-0.25, -0.2) is 8.78 Å². The Morgan fingerprint density at radius 1 is 1.18 bits per heavy atom. The Balaban J connectivity index is 1.56. The van der Waals surface area contributed by atoms with E-state index >= 15 is 8.78 Å². The molecule has 4 aliphatic carbocycles. The summed E-state index contributed by atoms with van der Waals surface area (Å²) in [6, 6.07) is 2.97. The van der Waals surface area contributed by atoms with Crippen LogP contribution in [0, 0.1) is 46.6 Å². The number of unbranched alkanes of at least 4 members (excludes halogenated alkanes) is 1. The summed E-state index contributed by atoms with van der Waals surface area (Å²) >= 11 is 0. The van der Waals surface area contributed by atoms with E-state index in [0.717, 1.165) is 24.8 Å². The minimum absolute atomic E-state index is 0.0207. The summed E-state index contributed by atoms with van der Waals surface area (Å²) in [7, 11) is 0. The Labute approximate surface area is 236 Å². The summed E-state index contributed by atoms with van der Waals surface area (Å²) in [4.78, 5) is 23.3. The quantitative estimate of drug-likeness (QED) is 0.242. The highest BCUT2D eigenvalue weighted by atomic mass is 19.1. The van der Waals surface area contributed by atoms with Crippen LogP contribution in [0.4, 0.5) is 8.78 Å². The lowest BCUT2D eigenvalue weighted by Crippen LogP contribution is -2.52. The minimum Gasteiger partial charge on any atom is -0.466 e. The molecule has 2 saturated carbocycles. The zero-order valence-corrected chi connectivity index (χ0v) is 24.0. The molecule has 214 valence electrons. The van der Waals surface area contributed by atoms with Crippen molar-refractivity contribution < 1.29 is 28.2 Å². The van der Waals surface area contributed by atoms with Crippen LogP contribution in [0.25, 0.3) is 0 Å². The number of allylic oxidation sites excluding steroid dienone is 4. The van der Waals surface area contributed by atoms with E-state index in [0.29, 0.717) is 37.7 Å². The van der Waals surface area contributed by atoms with Gasteiger partial charge >= 0.3 is 5.97 Å². The molecule has 0 aliphatic heterocycles. The summed E-state index contributed by atoms with van der Waals surface area (Å²) < 4.78 is 36.0. The van der Waals surface area contributed by atoms with Crippen molar-refractivity contribution in [2.45, 2.75) is 97.0 Å². The van der Waals surface area contributed by atoms with Gasteiger partial charge < -0.3 is 9.84 Å². The van der Waals surface area contributed by atoms with Gasteiger partial charge in [-0.05, 0) is 111 Å². The lowest BCUT2D eigenvalue weighted by Gasteiger charge is -2.54. The monoisotopic (exact) mass is 550 g/mol. The molecule has 0 unspecified atom stereocenters.